The Balaban J connectivity index is 1.52. The number of nitrogen functional groups attached to an aromatic ring is 1. The molecule has 8 heteroatoms. The quantitative estimate of drug-likeness (QED) is 0.400. The van der Waals surface area contributed by atoms with Crippen molar-refractivity contribution in [3.63, 3.8) is 0 Å². The van der Waals surface area contributed by atoms with Crippen LogP contribution in [0.2, 0.25) is 5.15 Å². The maximum absolute atomic E-state index is 9.45. The van der Waals surface area contributed by atoms with Gasteiger partial charge in [0.05, 0.1) is 5.69 Å². The predicted molar refractivity (Wildman–Crippen MR) is 113 cm³/mol. The molecule has 0 aliphatic heterocycles. The van der Waals surface area contributed by atoms with Crippen molar-refractivity contribution in [2.75, 3.05) is 11.1 Å². The number of aromatic hydroxyl groups is 1. The number of pyridine rings is 1. The van der Waals surface area contributed by atoms with Crippen molar-refractivity contribution in [1.82, 2.24) is 15.0 Å². The number of hydrogen-bond acceptors (Lipinski definition) is 7. The Kier molecular flexibility index (Phi) is 5.13. The number of phenolic OH excluding ortho intramolecular Hbond substituents is 1. The summed E-state index contributed by atoms with van der Waals surface area (Å²) in [5, 5.41) is 12.9. The number of nitrogens with two attached hydrogens (primary N) is 1. The van der Waals surface area contributed by atoms with E-state index in [1.54, 1.807) is 60.8 Å². The molecule has 0 amide bonds. The Morgan fingerprint density at radius 2 is 1.72 bits per heavy atom. The molecule has 0 fully saturated rings. The molecule has 4 rings (SSSR count). The third-order valence-corrected chi connectivity index (χ3v) is 4.27. The van der Waals surface area contributed by atoms with E-state index in [1.165, 1.54) is 0 Å². The van der Waals surface area contributed by atoms with Gasteiger partial charge in [0.25, 0.3) is 0 Å². The smallest absolute Gasteiger partial charge is 0.222 e. The predicted octanol–water partition coefficient (Wildman–Crippen LogP) is 5.02. The first-order chi connectivity index (χ1) is 14.1. The average Bonchev–Trinajstić information content (AvgIpc) is 2.71. The van der Waals surface area contributed by atoms with E-state index in [4.69, 9.17) is 22.1 Å². The van der Waals surface area contributed by atoms with E-state index >= 15 is 0 Å². The van der Waals surface area contributed by atoms with Gasteiger partial charge >= 0.3 is 0 Å². The molecule has 7 nitrogen and oxygen atoms in total. The number of ether oxygens (including phenoxy) is 1. The summed E-state index contributed by atoms with van der Waals surface area (Å²) in [5.74, 6) is 1.98. The van der Waals surface area contributed by atoms with Crippen molar-refractivity contribution in [2.24, 2.45) is 0 Å². The number of hydrogen-bond donors (Lipinski definition) is 3. The number of nitrogens with one attached hydrogen (secondary N) is 1. The molecule has 0 saturated carbocycles. The van der Waals surface area contributed by atoms with Gasteiger partial charge in [-0.25, -0.2) is 9.97 Å². The van der Waals surface area contributed by atoms with E-state index in [9.17, 15) is 5.11 Å². The van der Waals surface area contributed by atoms with Crippen LogP contribution >= 0.6 is 11.6 Å². The highest BCUT2D eigenvalue weighted by molar-refractivity contribution is 6.30. The van der Waals surface area contributed by atoms with Crippen LogP contribution in [0.3, 0.4) is 0 Å². The van der Waals surface area contributed by atoms with Crippen LogP contribution in [0.5, 0.6) is 17.2 Å². The molecule has 0 atom stereocenters. The Labute approximate surface area is 171 Å². The first-order valence-corrected chi connectivity index (χ1v) is 9.04. The standard InChI is InChI=1S/C21H16ClN5O2/c22-20-18(2-1-11-24-20)29-16-9-5-14(6-10-16)25-19-12-17(26-21(23)27-19)13-3-7-15(28)8-4-13/h1-12,28H,(H3,23,25,26,27). The molecule has 0 spiro atoms. The third-order valence-electron chi connectivity index (χ3n) is 3.99. The van der Waals surface area contributed by atoms with Crippen molar-refractivity contribution >= 4 is 29.1 Å². The summed E-state index contributed by atoms with van der Waals surface area (Å²) in [6, 6.07) is 19.3. The molecule has 0 unspecified atom stereocenters. The van der Waals surface area contributed by atoms with Gasteiger partial charge in [-0.3, -0.25) is 0 Å². The molecule has 0 bridgehead atoms. The van der Waals surface area contributed by atoms with Crippen molar-refractivity contribution in [3.05, 3.63) is 78.1 Å². The number of rotatable bonds is 5. The van der Waals surface area contributed by atoms with Gasteiger partial charge in [-0.05, 0) is 60.7 Å². The summed E-state index contributed by atoms with van der Waals surface area (Å²) in [6.07, 6.45) is 1.60. The summed E-state index contributed by atoms with van der Waals surface area (Å²) >= 11 is 6.01. The third kappa shape index (κ3) is 4.53. The van der Waals surface area contributed by atoms with Gasteiger partial charge in [0.15, 0.2) is 10.9 Å². The van der Waals surface area contributed by atoms with Gasteiger partial charge in [0.1, 0.15) is 17.3 Å². The number of halogens is 1. The normalized spacial score (nSPS) is 10.5. The molecular formula is C21H16ClN5O2. The van der Waals surface area contributed by atoms with Crippen LogP contribution in [0, 0.1) is 0 Å². The molecule has 29 heavy (non-hydrogen) atoms. The van der Waals surface area contributed by atoms with E-state index in [0.29, 0.717) is 28.2 Å². The lowest BCUT2D eigenvalue weighted by Crippen LogP contribution is -2.01. The Morgan fingerprint density at radius 1 is 0.966 bits per heavy atom. The minimum atomic E-state index is 0.143. The lowest BCUT2D eigenvalue weighted by molar-refractivity contribution is 0.475. The monoisotopic (exact) mass is 405 g/mol. The number of benzene rings is 2. The van der Waals surface area contributed by atoms with Gasteiger partial charge in [-0.15, -0.1) is 0 Å². The van der Waals surface area contributed by atoms with E-state index in [1.807, 2.05) is 12.1 Å². The molecular weight excluding hydrogens is 390 g/mol. The van der Waals surface area contributed by atoms with Crippen LogP contribution < -0.4 is 15.8 Å². The van der Waals surface area contributed by atoms with E-state index < -0.39 is 0 Å². The van der Waals surface area contributed by atoms with E-state index in [0.717, 1.165) is 11.3 Å². The van der Waals surface area contributed by atoms with E-state index in [2.05, 4.69) is 20.3 Å². The highest BCUT2D eigenvalue weighted by Crippen LogP contribution is 2.29. The fourth-order valence-electron chi connectivity index (χ4n) is 2.64. The van der Waals surface area contributed by atoms with Gasteiger partial charge in [0, 0.05) is 23.5 Å². The zero-order valence-electron chi connectivity index (χ0n) is 15.1. The second kappa shape index (κ2) is 8.04. The van der Waals surface area contributed by atoms with Crippen molar-refractivity contribution < 1.29 is 9.84 Å². The first kappa shape index (κ1) is 18.5. The minimum Gasteiger partial charge on any atom is -0.508 e. The lowest BCUT2D eigenvalue weighted by atomic mass is 10.1. The van der Waals surface area contributed by atoms with E-state index in [-0.39, 0.29) is 11.7 Å². The second-order valence-electron chi connectivity index (χ2n) is 6.09. The van der Waals surface area contributed by atoms with Gasteiger partial charge in [0.2, 0.25) is 5.95 Å². The maximum atomic E-state index is 9.45. The molecule has 0 saturated heterocycles. The summed E-state index contributed by atoms with van der Waals surface area (Å²) in [6.45, 7) is 0. The average molecular weight is 406 g/mol. The fourth-order valence-corrected chi connectivity index (χ4v) is 2.80. The first-order valence-electron chi connectivity index (χ1n) is 8.66. The Morgan fingerprint density at radius 3 is 2.45 bits per heavy atom. The highest BCUT2D eigenvalue weighted by atomic mass is 35.5. The number of phenols is 1. The van der Waals surface area contributed by atoms with Crippen molar-refractivity contribution in [2.45, 2.75) is 0 Å². The zero-order chi connectivity index (χ0) is 20.2. The number of nitrogens with zero attached hydrogens (tertiary/aromatic N) is 3. The summed E-state index contributed by atoms with van der Waals surface area (Å²) in [4.78, 5) is 12.5. The number of aromatic nitrogens is 3. The molecule has 0 aliphatic rings. The molecule has 0 radical (unpaired) electrons. The van der Waals surface area contributed by atoms with Crippen molar-refractivity contribution in [3.8, 4) is 28.5 Å². The van der Waals surface area contributed by atoms with Gasteiger partial charge < -0.3 is 20.9 Å². The van der Waals surface area contributed by atoms with Crippen LogP contribution in [-0.4, -0.2) is 20.1 Å². The van der Waals surface area contributed by atoms with Crippen LogP contribution in [0.4, 0.5) is 17.5 Å². The molecule has 4 N–H and O–H groups in total. The topological polar surface area (TPSA) is 106 Å². The minimum absolute atomic E-state index is 0.143. The lowest BCUT2D eigenvalue weighted by Gasteiger charge is -2.10. The zero-order valence-corrected chi connectivity index (χ0v) is 15.8. The Hall–Kier alpha value is -3.84. The van der Waals surface area contributed by atoms with Crippen LogP contribution in [0.1, 0.15) is 0 Å². The number of anilines is 3. The molecule has 144 valence electrons. The molecule has 4 aromatic rings. The van der Waals surface area contributed by atoms with Crippen LogP contribution in [0.25, 0.3) is 11.3 Å². The van der Waals surface area contributed by atoms with Crippen molar-refractivity contribution in [1.29, 1.82) is 0 Å². The fraction of sp³-hybridized carbons (Fsp3) is 0. The summed E-state index contributed by atoms with van der Waals surface area (Å²) in [5.41, 5.74) is 8.11. The summed E-state index contributed by atoms with van der Waals surface area (Å²) < 4.78 is 5.73. The van der Waals surface area contributed by atoms with Gasteiger partial charge in [-0.1, -0.05) is 11.6 Å². The largest absolute Gasteiger partial charge is 0.508 e. The SMILES string of the molecule is Nc1nc(Nc2ccc(Oc3cccnc3Cl)cc2)cc(-c2ccc(O)cc2)n1. The molecule has 2 heterocycles. The summed E-state index contributed by atoms with van der Waals surface area (Å²) in [7, 11) is 0. The molecule has 2 aromatic carbocycles. The molecule has 2 aromatic heterocycles. The molecule has 0 aliphatic carbocycles. The second-order valence-corrected chi connectivity index (χ2v) is 6.45. The van der Waals surface area contributed by atoms with Crippen LogP contribution in [-0.2, 0) is 0 Å². The van der Waals surface area contributed by atoms with Gasteiger partial charge in [-0.2, -0.15) is 4.98 Å². The highest BCUT2D eigenvalue weighted by Gasteiger charge is 2.07. The maximum Gasteiger partial charge on any atom is 0.222 e. The van der Waals surface area contributed by atoms with Crippen LogP contribution in [0.15, 0.2) is 72.9 Å². The Bertz CT molecular complexity index is 1130.